The lowest BCUT2D eigenvalue weighted by molar-refractivity contribution is -0.114. The van der Waals surface area contributed by atoms with Gasteiger partial charge in [-0.1, -0.05) is 331 Å². The fourth-order valence-electron chi connectivity index (χ4n) is 12.1. The second-order valence-electron chi connectivity index (χ2n) is 21.8. The van der Waals surface area contributed by atoms with E-state index < -0.39 is 0 Å². The van der Waals surface area contributed by atoms with E-state index in [4.69, 9.17) is 0 Å². The molecule has 2 unspecified atom stereocenters. The van der Waals surface area contributed by atoms with E-state index in [0.717, 1.165) is 0 Å². The summed E-state index contributed by atoms with van der Waals surface area (Å²) in [7, 11) is 0. The third-order valence-corrected chi connectivity index (χ3v) is 16.2. The van der Waals surface area contributed by atoms with E-state index in [-0.39, 0.29) is 0 Å². The lowest BCUT2D eigenvalue weighted by Gasteiger charge is -2.61. The van der Waals surface area contributed by atoms with Crippen molar-refractivity contribution in [2.75, 3.05) is 0 Å². The topological polar surface area (TPSA) is 0 Å². The van der Waals surface area contributed by atoms with Gasteiger partial charge in [-0.05, 0) is 54.8 Å². The molecular formula is C60H122. The van der Waals surface area contributed by atoms with E-state index in [1.807, 2.05) is 0 Å². The van der Waals surface area contributed by atoms with Crippen LogP contribution in [0, 0.1) is 16.2 Å². The summed E-state index contributed by atoms with van der Waals surface area (Å²) >= 11 is 0. The van der Waals surface area contributed by atoms with Gasteiger partial charge in [0.25, 0.3) is 0 Å². The molecule has 0 aliphatic rings. The molecule has 2 atom stereocenters. The first-order valence-electron chi connectivity index (χ1n) is 29.4. The van der Waals surface area contributed by atoms with Crippen molar-refractivity contribution in [2.24, 2.45) is 16.2 Å². The highest BCUT2D eigenvalue weighted by atomic mass is 14.6. The second kappa shape index (κ2) is 44.2. The fraction of sp³-hybridized carbons (Fsp3) is 1.00. The minimum Gasteiger partial charge on any atom is -0.0654 e. The van der Waals surface area contributed by atoms with Crippen molar-refractivity contribution < 1.29 is 0 Å². The van der Waals surface area contributed by atoms with E-state index >= 15 is 0 Å². The standard InChI is InChI=1S/C60H122/c1-9-15-21-27-32-34-35-38-41-46-52-58(7,8)60(56-50-44-37-30-24-18-12-4,57-51-45-39-33-28-22-16-10-2)59(53-47-40-26-20-14-6,54-48-42-31-25-19-13-5)55-49-43-36-29-23-17-11-3/h9-57H2,1-8H3. The maximum absolute atomic E-state index is 2.88. The van der Waals surface area contributed by atoms with Gasteiger partial charge in [0.1, 0.15) is 0 Å². The van der Waals surface area contributed by atoms with Crippen LogP contribution >= 0.6 is 0 Å². The average Bonchev–Trinajstić information content (AvgIpc) is 3.24. The quantitative estimate of drug-likeness (QED) is 0.0535. The lowest BCUT2D eigenvalue weighted by atomic mass is 9.44. The van der Waals surface area contributed by atoms with Crippen molar-refractivity contribution >= 4 is 0 Å². The molecule has 0 saturated heterocycles. The molecule has 0 radical (unpaired) electrons. The van der Waals surface area contributed by atoms with Crippen LogP contribution in [0.3, 0.4) is 0 Å². The summed E-state index contributed by atoms with van der Waals surface area (Å²) in [6.45, 7) is 20.1. The Bertz CT molecular complexity index is 809. The van der Waals surface area contributed by atoms with Crippen molar-refractivity contribution in [3.05, 3.63) is 0 Å². The summed E-state index contributed by atoms with van der Waals surface area (Å²) in [6, 6.07) is 0. The van der Waals surface area contributed by atoms with Crippen LogP contribution in [0.5, 0.6) is 0 Å². The van der Waals surface area contributed by atoms with E-state index in [1.165, 1.54) is 308 Å². The largest absolute Gasteiger partial charge is 0.0654 e. The van der Waals surface area contributed by atoms with E-state index in [1.54, 1.807) is 6.42 Å². The Morgan fingerprint density at radius 2 is 0.350 bits per heavy atom. The summed E-state index contributed by atoms with van der Waals surface area (Å²) in [6.07, 6.45) is 71.8. The highest BCUT2D eigenvalue weighted by Gasteiger charge is 2.56. The van der Waals surface area contributed by atoms with Crippen LogP contribution in [-0.4, -0.2) is 0 Å². The van der Waals surface area contributed by atoms with Crippen LogP contribution in [0.1, 0.15) is 370 Å². The summed E-state index contributed by atoms with van der Waals surface area (Å²) in [4.78, 5) is 0. The van der Waals surface area contributed by atoms with E-state index in [2.05, 4.69) is 55.4 Å². The second-order valence-corrected chi connectivity index (χ2v) is 21.8. The Balaban J connectivity index is 6.86. The summed E-state index contributed by atoms with van der Waals surface area (Å²) in [5, 5.41) is 0. The van der Waals surface area contributed by atoms with Crippen molar-refractivity contribution in [1.82, 2.24) is 0 Å². The first kappa shape index (κ1) is 60.0. The van der Waals surface area contributed by atoms with E-state index in [0.29, 0.717) is 16.2 Å². The third-order valence-electron chi connectivity index (χ3n) is 16.2. The van der Waals surface area contributed by atoms with Crippen LogP contribution in [-0.2, 0) is 0 Å². The van der Waals surface area contributed by atoms with Gasteiger partial charge in [-0.15, -0.1) is 0 Å². The lowest BCUT2D eigenvalue weighted by Crippen LogP contribution is -2.52. The Hall–Kier alpha value is 0. The molecule has 0 aliphatic carbocycles. The first-order valence-corrected chi connectivity index (χ1v) is 29.4. The van der Waals surface area contributed by atoms with E-state index in [9.17, 15) is 0 Å². The van der Waals surface area contributed by atoms with Crippen molar-refractivity contribution in [3.63, 3.8) is 0 Å². The molecule has 0 aliphatic heterocycles. The first-order chi connectivity index (χ1) is 29.4. The molecule has 0 bridgehead atoms. The summed E-state index contributed by atoms with van der Waals surface area (Å²) in [5.41, 5.74) is 1.39. The summed E-state index contributed by atoms with van der Waals surface area (Å²) < 4.78 is 0. The molecule has 0 aromatic carbocycles. The predicted octanol–water partition coefficient (Wildman–Crippen LogP) is 23.2. The molecule has 0 N–H and O–H groups in total. The number of hydrogen-bond donors (Lipinski definition) is 0. The van der Waals surface area contributed by atoms with Gasteiger partial charge in [0.2, 0.25) is 0 Å². The molecule has 60 heavy (non-hydrogen) atoms. The molecule has 0 amide bonds. The molecule has 0 spiro atoms. The van der Waals surface area contributed by atoms with Gasteiger partial charge in [0.05, 0.1) is 0 Å². The highest BCUT2D eigenvalue weighted by Crippen LogP contribution is 2.65. The van der Waals surface area contributed by atoms with Crippen LogP contribution in [0.25, 0.3) is 0 Å². The van der Waals surface area contributed by atoms with Crippen molar-refractivity contribution in [2.45, 2.75) is 370 Å². The summed E-state index contributed by atoms with van der Waals surface area (Å²) in [5.74, 6) is 0. The van der Waals surface area contributed by atoms with Gasteiger partial charge < -0.3 is 0 Å². The highest BCUT2D eigenvalue weighted by molar-refractivity contribution is 5.05. The molecule has 0 heterocycles. The minimum atomic E-state index is 0.406. The average molecular weight is 844 g/mol. The van der Waals surface area contributed by atoms with Crippen LogP contribution < -0.4 is 0 Å². The Morgan fingerprint density at radius 1 is 0.183 bits per heavy atom. The SMILES string of the molecule is CCCCCCCCCCCCC(C)(C)C(CCCCCCCCC)(CCCCCCCCCC)C(CCCCCCC)(CCCCCCCC)CCCCCCCCC. The van der Waals surface area contributed by atoms with Gasteiger partial charge in [0, 0.05) is 0 Å². The number of unbranched alkanes of at least 4 members (excludes halogenated alkanes) is 37. The maximum atomic E-state index is 2.88. The zero-order valence-corrected chi connectivity index (χ0v) is 44.1. The van der Waals surface area contributed by atoms with Crippen molar-refractivity contribution in [3.8, 4) is 0 Å². The number of rotatable bonds is 51. The molecular weight excluding hydrogens is 721 g/mol. The zero-order chi connectivity index (χ0) is 44.1. The third kappa shape index (κ3) is 30.2. The van der Waals surface area contributed by atoms with Crippen LogP contribution in [0.15, 0.2) is 0 Å². The molecule has 362 valence electrons. The zero-order valence-electron chi connectivity index (χ0n) is 44.1. The Kier molecular flexibility index (Phi) is 44.2. The fourth-order valence-corrected chi connectivity index (χ4v) is 12.1. The predicted molar refractivity (Wildman–Crippen MR) is 279 cm³/mol. The van der Waals surface area contributed by atoms with Gasteiger partial charge in [-0.2, -0.15) is 0 Å². The van der Waals surface area contributed by atoms with Crippen molar-refractivity contribution in [1.29, 1.82) is 0 Å². The maximum Gasteiger partial charge on any atom is -0.0190 e. The van der Waals surface area contributed by atoms with Gasteiger partial charge in [0.15, 0.2) is 0 Å². The number of hydrogen-bond acceptors (Lipinski definition) is 0. The molecule has 0 saturated carbocycles. The molecule has 0 aromatic rings. The molecule has 0 aromatic heterocycles. The molecule has 0 fully saturated rings. The van der Waals surface area contributed by atoms with Gasteiger partial charge in [-0.25, -0.2) is 0 Å². The van der Waals surface area contributed by atoms with Crippen LogP contribution in [0.2, 0.25) is 0 Å². The molecule has 0 rings (SSSR count). The van der Waals surface area contributed by atoms with Gasteiger partial charge >= 0.3 is 0 Å². The normalized spacial score (nSPS) is 14.2. The van der Waals surface area contributed by atoms with Gasteiger partial charge in [-0.3, -0.25) is 0 Å². The van der Waals surface area contributed by atoms with Crippen LogP contribution in [0.4, 0.5) is 0 Å². The smallest absolute Gasteiger partial charge is 0.0190 e. The Morgan fingerprint density at radius 3 is 0.567 bits per heavy atom. The minimum absolute atomic E-state index is 0.406. The molecule has 0 heteroatoms. The monoisotopic (exact) mass is 843 g/mol. The molecule has 0 nitrogen and oxygen atoms in total. The Labute approximate surface area is 384 Å².